The lowest BCUT2D eigenvalue weighted by atomic mass is 9.99. The van der Waals surface area contributed by atoms with E-state index in [9.17, 15) is 0 Å². The van der Waals surface area contributed by atoms with Gasteiger partial charge in [0.15, 0.2) is 0 Å². The smallest absolute Gasteiger partial charge is 0.0710 e. The van der Waals surface area contributed by atoms with E-state index < -0.39 is 0 Å². The lowest BCUT2D eigenvalue weighted by Gasteiger charge is -2.08. The molecular weight excluding hydrogens is 304 g/mol. The molecule has 2 heteroatoms. The maximum Gasteiger partial charge on any atom is 0.0710 e. The van der Waals surface area contributed by atoms with Crippen molar-refractivity contribution in [3.8, 4) is 22.4 Å². The topological polar surface area (TPSA) is 25.8 Å². The van der Waals surface area contributed by atoms with Crippen molar-refractivity contribution in [2.24, 2.45) is 0 Å². The summed E-state index contributed by atoms with van der Waals surface area (Å²) in [5.41, 5.74) is 6.76. The second-order valence-corrected chi connectivity index (χ2v) is 5.71. The first kappa shape index (κ1) is 16.8. The van der Waals surface area contributed by atoms with Crippen LogP contribution in [0.1, 0.15) is 19.4 Å². The number of aryl methyl sites for hydroxylation is 1. The molecule has 2 heterocycles. The van der Waals surface area contributed by atoms with Crippen molar-refractivity contribution in [3.63, 3.8) is 0 Å². The van der Waals surface area contributed by atoms with E-state index in [-0.39, 0.29) is 0 Å². The molecule has 0 fully saturated rings. The molecule has 0 atom stereocenters. The Bertz CT molecular complexity index is 975. The Labute approximate surface area is 149 Å². The van der Waals surface area contributed by atoms with Gasteiger partial charge in [0.05, 0.1) is 11.2 Å². The van der Waals surface area contributed by atoms with Crippen LogP contribution in [0.25, 0.3) is 33.3 Å². The van der Waals surface area contributed by atoms with Crippen molar-refractivity contribution in [2.75, 3.05) is 0 Å². The van der Waals surface area contributed by atoms with E-state index >= 15 is 0 Å². The first-order valence-corrected chi connectivity index (χ1v) is 8.68. The van der Waals surface area contributed by atoms with E-state index in [1.807, 2.05) is 50.5 Å². The molecular formula is C23H22N2. The summed E-state index contributed by atoms with van der Waals surface area (Å²) in [5.74, 6) is 0. The molecule has 0 amide bonds. The summed E-state index contributed by atoms with van der Waals surface area (Å²) in [6, 6.07) is 23.1. The van der Waals surface area contributed by atoms with E-state index in [2.05, 4.69) is 54.4 Å². The van der Waals surface area contributed by atoms with Crippen LogP contribution in [0.3, 0.4) is 0 Å². The minimum absolute atomic E-state index is 1.00. The van der Waals surface area contributed by atoms with E-state index in [1.165, 1.54) is 22.1 Å². The highest BCUT2D eigenvalue weighted by atomic mass is 14.7. The molecule has 124 valence electrons. The van der Waals surface area contributed by atoms with E-state index in [0.717, 1.165) is 16.8 Å². The molecule has 2 nitrogen and oxygen atoms in total. The minimum Gasteiger partial charge on any atom is -0.265 e. The molecule has 4 aromatic rings. The van der Waals surface area contributed by atoms with Crippen molar-refractivity contribution in [3.05, 3.63) is 84.7 Å². The number of pyridine rings is 2. The zero-order valence-corrected chi connectivity index (χ0v) is 14.9. The fraction of sp³-hybridized carbons (Fsp3) is 0.130. The molecule has 0 aliphatic heterocycles. The van der Waals surface area contributed by atoms with Crippen LogP contribution < -0.4 is 0 Å². The molecule has 0 saturated heterocycles. The first-order valence-electron chi connectivity index (χ1n) is 8.68. The normalized spacial score (nSPS) is 10.2. The van der Waals surface area contributed by atoms with E-state index in [4.69, 9.17) is 4.98 Å². The molecule has 0 bridgehead atoms. The van der Waals surface area contributed by atoms with Crippen LogP contribution in [-0.4, -0.2) is 9.97 Å². The second-order valence-electron chi connectivity index (χ2n) is 5.71. The molecule has 2 aromatic heterocycles. The Hall–Kier alpha value is -3.00. The SMILES string of the molecule is CC.Cc1cc(-c2ccncc2)cc(-c2ccc3ccccc3n2)c1. The standard InChI is InChI=1S/C21H16N2.C2H6/c1-15-12-18(16-8-10-22-11-9-16)14-19(13-15)21-7-6-17-4-2-3-5-20(17)23-21;1-2/h2-14H,1H3;1-2H3. The van der Waals surface area contributed by atoms with E-state index in [1.54, 1.807) is 0 Å². The van der Waals surface area contributed by atoms with Crippen molar-refractivity contribution in [1.29, 1.82) is 0 Å². The number of hydrogen-bond acceptors (Lipinski definition) is 2. The fourth-order valence-electron chi connectivity index (χ4n) is 2.87. The maximum atomic E-state index is 4.81. The summed E-state index contributed by atoms with van der Waals surface area (Å²) in [6.45, 7) is 6.12. The zero-order chi connectivity index (χ0) is 17.6. The van der Waals surface area contributed by atoms with Gasteiger partial charge in [0.1, 0.15) is 0 Å². The van der Waals surface area contributed by atoms with Gasteiger partial charge in [-0.25, -0.2) is 4.98 Å². The maximum absolute atomic E-state index is 4.81. The van der Waals surface area contributed by atoms with Crippen LogP contribution in [0.2, 0.25) is 0 Å². The minimum atomic E-state index is 1.00. The number of para-hydroxylation sites is 1. The van der Waals surface area contributed by atoms with Crippen LogP contribution in [0.4, 0.5) is 0 Å². The number of nitrogens with zero attached hydrogens (tertiary/aromatic N) is 2. The van der Waals surface area contributed by atoms with Crippen LogP contribution in [0, 0.1) is 6.92 Å². The van der Waals surface area contributed by atoms with Crippen LogP contribution in [0.5, 0.6) is 0 Å². The zero-order valence-electron chi connectivity index (χ0n) is 14.9. The van der Waals surface area contributed by atoms with E-state index in [0.29, 0.717) is 0 Å². The Balaban J connectivity index is 0.000000880. The van der Waals surface area contributed by atoms with Crippen LogP contribution >= 0.6 is 0 Å². The Morgan fingerprint density at radius 3 is 2.20 bits per heavy atom. The number of rotatable bonds is 2. The molecule has 0 radical (unpaired) electrons. The fourth-order valence-corrected chi connectivity index (χ4v) is 2.87. The molecule has 4 rings (SSSR count). The quantitative estimate of drug-likeness (QED) is 0.432. The predicted octanol–water partition coefficient (Wildman–Crippen LogP) is 6.30. The van der Waals surface area contributed by atoms with Gasteiger partial charge in [-0.05, 0) is 60.0 Å². The van der Waals surface area contributed by atoms with Gasteiger partial charge in [0.25, 0.3) is 0 Å². The molecule has 0 N–H and O–H groups in total. The highest BCUT2D eigenvalue weighted by molar-refractivity contribution is 5.82. The van der Waals surface area contributed by atoms with Gasteiger partial charge in [-0.3, -0.25) is 4.98 Å². The van der Waals surface area contributed by atoms with Crippen molar-refractivity contribution < 1.29 is 0 Å². The third-order valence-electron chi connectivity index (χ3n) is 3.99. The highest BCUT2D eigenvalue weighted by Crippen LogP contribution is 2.28. The number of fused-ring (bicyclic) bond motifs is 1. The van der Waals surface area contributed by atoms with Crippen molar-refractivity contribution in [2.45, 2.75) is 20.8 Å². The van der Waals surface area contributed by atoms with Gasteiger partial charge in [-0.1, -0.05) is 44.2 Å². The lowest BCUT2D eigenvalue weighted by molar-refractivity contribution is 1.32. The van der Waals surface area contributed by atoms with Crippen LogP contribution in [-0.2, 0) is 0 Å². The largest absolute Gasteiger partial charge is 0.265 e. The van der Waals surface area contributed by atoms with Crippen LogP contribution in [0.15, 0.2) is 79.1 Å². The summed E-state index contributed by atoms with van der Waals surface area (Å²) in [4.78, 5) is 8.90. The highest BCUT2D eigenvalue weighted by Gasteiger charge is 2.05. The number of benzene rings is 2. The van der Waals surface area contributed by atoms with Gasteiger partial charge in [-0.2, -0.15) is 0 Å². The third kappa shape index (κ3) is 3.74. The third-order valence-corrected chi connectivity index (χ3v) is 3.99. The Kier molecular flexibility index (Phi) is 5.20. The van der Waals surface area contributed by atoms with Gasteiger partial charge in [0.2, 0.25) is 0 Å². The average molecular weight is 326 g/mol. The predicted molar refractivity (Wildman–Crippen MR) is 106 cm³/mol. The average Bonchev–Trinajstić information content (AvgIpc) is 2.69. The monoisotopic (exact) mass is 326 g/mol. The summed E-state index contributed by atoms with van der Waals surface area (Å²) in [7, 11) is 0. The number of hydrogen-bond donors (Lipinski definition) is 0. The summed E-state index contributed by atoms with van der Waals surface area (Å²) < 4.78 is 0. The second kappa shape index (κ2) is 7.71. The van der Waals surface area contributed by atoms with Gasteiger partial charge in [-0.15, -0.1) is 0 Å². The van der Waals surface area contributed by atoms with Gasteiger partial charge >= 0.3 is 0 Å². The molecule has 0 saturated carbocycles. The van der Waals surface area contributed by atoms with Gasteiger partial charge in [0, 0.05) is 23.3 Å². The number of aromatic nitrogens is 2. The molecule has 2 aromatic carbocycles. The molecule has 0 aliphatic carbocycles. The van der Waals surface area contributed by atoms with Crippen molar-refractivity contribution >= 4 is 10.9 Å². The lowest BCUT2D eigenvalue weighted by Crippen LogP contribution is -1.88. The molecule has 0 unspecified atom stereocenters. The Morgan fingerprint density at radius 2 is 1.40 bits per heavy atom. The summed E-state index contributed by atoms with van der Waals surface area (Å²) in [6.07, 6.45) is 3.65. The summed E-state index contributed by atoms with van der Waals surface area (Å²) >= 11 is 0. The summed E-state index contributed by atoms with van der Waals surface area (Å²) in [5, 5.41) is 1.17. The van der Waals surface area contributed by atoms with Gasteiger partial charge < -0.3 is 0 Å². The first-order chi connectivity index (χ1) is 12.3. The molecule has 25 heavy (non-hydrogen) atoms. The molecule has 0 aliphatic rings. The Morgan fingerprint density at radius 1 is 0.680 bits per heavy atom. The van der Waals surface area contributed by atoms with Crippen molar-refractivity contribution in [1.82, 2.24) is 9.97 Å². The molecule has 0 spiro atoms.